The number of carbonyl (C=O) groups excluding carboxylic acids is 1. The van der Waals surface area contributed by atoms with E-state index in [0.717, 1.165) is 17.8 Å². The van der Waals surface area contributed by atoms with Crippen LogP contribution in [0.4, 0.5) is 5.69 Å². The number of hydrogen-bond acceptors (Lipinski definition) is 3. The quantitative estimate of drug-likeness (QED) is 0.744. The van der Waals surface area contributed by atoms with Crippen molar-refractivity contribution in [1.29, 1.82) is 0 Å². The van der Waals surface area contributed by atoms with Crippen molar-refractivity contribution in [2.24, 2.45) is 0 Å². The van der Waals surface area contributed by atoms with Crippen molar-refractivity contribution in [2.45, 2.75) is 33.8 Å². The molecule has 0 heterocycles. The van der Waals surface area contributed by atoms with Crippen LogP contribution in [-0.4, -0.2) is 31.7 Å². The van der Waals surface area contributed by atoms with Crippen LogP contribution in [0.5, 0.6) is 0 Å². The molecule has 19 heavy (non-hydrogen) atoms. The average Bonchev–Trinajstić information content (AvgIpc) is 2.34. The lowest BCUT2D eigenvalue weighted by Gasteiger charge is -2.11. The Balaban J connectivity index is 2.52. The summed E-state index contributed by atoms with van der Waals surface area (Å²) >= 11 is 0. The number of nitrogens with one attached hydrogen (secondary N) is 2. The standard InChI is InChI=1S/C15H24N2O2/c1-5-16-13-6-7-14(12(4)10-13)15(18)17-8-9-19-11(2)3/h6-7,10-11,16H,5,8-9H2,1-4H3,(H,17,18). The summed E-state index contributed by atoms with van der Waals surface area (Å²) in [4.78, 5) is 12.0. The van der Waals surface area contributed by atoms with Gasteiger partial charge in [-0.05, 0) is 51.5 Å². The van der Waals surface area contributed by atoms with Crippen molar-refractivity contribution < 1.29 is 9.53 Å². The fraction of sp³-hybridized carbons (Fsp3) is 0.533. The van der Waals surface area contributed by atoms with Crippen molar-refractivity contribution in [3.8, 4) is 0 Å². The number of aryl methyl sites for hydroxylation is 1. The van der Waals surface area contributed by atoms with E-state index in [4.69, 9.17) is 4.74 Å². The number of ether oxygens (including phenoxy) is 1. The van der Waals surface area contributed by atoms with Crippen LogP contribution in [-0.2, 0) is 4.74 Å². The van der Waals surface area contributed by atoms with Crippen LogP contribution in [0.25, 0.3) is 0 Å². The Hall–Kier alpha value is -1.55. The molecule has 0 spiro atoms. The fourth-order valence-corrected chi connectivity index (χ4v) is 1.79. The topological polar surface area (TPSA) is 50.4 Å². The van der Waals surface area contributed by atoms with Gasteiger partial charge in [0.2, 0.25) is 0 Å². The summed E-state index contributed by atoms with van der Waals surface area (Å²) in [5.41, 5.74) is 2.73. The molecule has 1 aromatic rings. The van der Waals surface area contributed by atoms with Crippen LogP contribution in [0.15, 0.2) is 18.2 Å². The summed E-state index contributed by atoms with van der Waals surface area (Å²) in [5.74, 6) is -0.0482. The largest absolute Gasteiger partial charge is 0.385 e. The molecule has 4 heteroatoms. The Kier molecular flexibility index (Phi) is 6.36. The molecule has 0 radical (unpaired) electrons. The van der Waals surface area contributed by atoms with E-state index in [1.165, 1.54) is 0 Å². The molecule has 0 aromatic heterocycles. The predicted molar refractivity (Wildman–Crippen MR) is 78.8 cm³/mol. The highest BCUT2D eigenvalue weighted by atomic mass is 16.5. The minimum atomic E-state index is -0.0482. The Morgan fingerprint density at radius 1 is 1.37 bits per heavy atom. The normalized spacial score (nSPS) is 10.6. The summed E-state index contributed by atoms with van der Waals surface area (Å²) in [6.07, 6.45) is 0.193. The van der Waals surface area contributed by atoms with E-state index in [-0.39, 0.29) is 12.0 Å². The van der Waals surface area contributed by atoms with Gasteiger partial charge >= 0.3 is 0 Å². The van der Waals surface area contributed by atoms with E-state index in [1.54, 1.807) is 0 Å². The van der Waals surface area contributed by atoms with Gasteiger partial charge in [0.1, 0.15) is 0 Å². The van der Waals surface area contributed by atoms with Gasteiger partial charge in [0.15, 0.2) is 0 Å². The molecule has 0 aliphatic rings. The molecule has 1 amide bonds. The van der Waals surface area contributed by atoms with E-state index in [9.17, 15) is 4.79 Å². The van der Waals surface area contributed by atoms with E-state index < -0.39 is 0 Å². The highest BCUT2D eigenvalue weighted by Gasteiger charge is 2.08. The first kappa shape index (κ1) is 15.5. The third-order valence-corrected chi connectivity index (χ3v) is 2.69. The lowest BCUT2D eigenvalue weighted by Crippen LogP contribution is -2.28. The second kappa shape index (κ2) is 7.79. The van der Waals surface area contributed by atoms with Crippen molar-refractivity contribution in [1.82, 2.24) is 5.32 Å². The Bertz CT molecular complexity index is 417. The van der Waals surface area contributed by atoms with E-state index in [0.29, 0.717) is 18.7 Å². The van der Waals surface area contributed by atoms with Crippen LogP contribution in [0, 0.1) is 6.92 Å². The molecule has 2 N–H and O–H groups in total. The highest BCUT2D eigenvalue weighted by molar-refractivity contribution is 5.96. The van der Waals surface area contributed by atoms with Gasteiger partial charge in [0.25, 0.3) is 5.91 Å². The maximum atomic E-state index is 12.0. The fourth-order valence-electron chi connectivity index (χ4n) is 1.79. The number of benzene rings is 1. The molecular formula is C15H24N2O2. The lowest BCUT2D eigenvalue weighted by atomic mass is 10.1. The molecule has 1 aromatic carbocycles. The second-order valence-corrected chi connectivity index (χ2v) is 4.74. The van der Waals surface area contributed by atoms with Gasteiger partial charge in [0, 0.05) is 24.3 Å². The molecule has 0 aliphatic heterocycles. The lowest BCUT2D eigenvalue weighted by molar-refractivity contribution is 0.0746. The Morgan fingerprint density at radius 2 is 2.11 bits per heavy atom. The van der Waals surface area contributed by atoms with Gasteiger partial charge in [-0.2, -0.15) is 0 Å². The van der Waals surface area contributed by atoms with Crippen LogP contribution in [0.3, 0.4) is 0 Å². The molecule has 0 saturated carbocycles. The molecule has 0 saturated heterocycles. The van der Waals surface area contributed by atoms with Crippen molar-refractivity contribution in [3.63, 3.8) is 0 Å². The third kappa shape index (κ3) is 5.30. The van der Waals surface area contributed by atoms with Crippen molar-refractivity contribution in [3.05, 3.63) is 29.3 Å². The van der Waals surface area contributed by atoms with Gasteiger partial charge in [-0.1, -0.05) is 0 Å². The molecular weight excluding hydrogens is 240 g/mol. The summed E-state index contributed by atoms with van der Waals surface area (Å²) in [6, 6.07) is 5.77. The Labute approximate surface area is 115 Å². The number of carbonyl (C=O) groups is 1. The SMILES string of the molecule is CCNc1ccc(C(=O)NCCOC(C)C)c(C)c1. The van der Waals surface area contributed by atoms with Crippen molar-refractivity contribution in [2.75, 3.05) is 25.0 Å². The third-order valence-electron chi connectivity index (χ3n) is 2.69. The highest BCUT2D eigenvalue weighted by Crippen LogP contribution is 2.14. The molecule has 0 unspecified atom stereocenters. The zero-order valence-corrected chi connectivity index (χ0v) is 12.2. The van der Waals surface area contributed by atoms with E-state index in [2.05, 4.69) is 10.6 Å². The number of amides is 1. The van der Waals surface area contributed by atoms with Gasteiger partial charge in [0.05, 0.1) is 12.7 Å². The minimum Gasteiger partial charge on any atom is -0.385 e. The van der Waals surface area contributed by atoms with E-state index >= 15 is 0 Å². The summed E-state index contributed by atoms with van der Waals surface area (Å²) in [7, 11) is 0. The van der Waals surface area contributed by atoms with E-state index in [1.807, 2.05) is 45.9 Å². The smallest absolute Gasteiger partial charge is 0.251 e. The Morgan fingerprint density at radius 3 is 2.68 bits per heavy atom. The van der Waals surface area contributed by atoms with Crippen LogP contribution < -0.4 is 10.6 Å². The van der Waals surface area contributed by atoms with Gasteiger partial charge in [-0.25, -0.2) is 0 Å². The molecule has 0 aliphatic carbocycles. The summed E-state index contributed by atoms with van der Waals surface area (Å²) < 4.78 is 5.38. The molecule has 4 nitrogen and oxygen atoms in total. The zero-order chi connectivity index (χ0) is 14.3. The molecule has 0 fully saturated rings. The van der Waals surface area contributed by atoms with Crippen LogP contribution in [0.2, 0.25) is 0 Å². The number of anilines is 1. The first-order valence-electron chi connectivity index (χ1n) is 6.79. The second-order valence-electron chi connectivity index (χ2n) is 4.74. The number of hydrogen-bond donors (Lipinski definition) is 2. The first-order valence-corrected chi connectivity index (χ1v) is 6.79. The van der Waals surface area contributed by atoms with Crippen LogP contribution in [0.1, 0.15) is 36.7 Å². The van der Waals surface area contributed by atoms with Gasteiger partial charge in [-0.15, -0.1) is 0 Å². The molecule has 106 valence electrons. The summed E-state index contributed by atoms with van der Waals surface area (Å²) in [5, 5.41) is 6.09. The monoisotopic (exact) mass is 264 g/mol. The van der Waals surface area contributed by atoms with Gasteiger partial charge < -0.3 is 15.4 Å². The van der Waals surface area contributed by atoms with Crippen molar-refractivity contribution >= 4 is 11.6 Å². The average molecular weight is 264 g/mol. The molecule has 1 rings (SSSR count). The maximum Gasteiger partial charge on any atom is 0.251 e. The summed E-state index contributed by atoms with van der Waals surface area (Å²) in [6.45, 7) is 9.89. The minimum absolute atomic E-state index is 0.0482. The first-order chi connectivity index (χ1) is 9.04. The maximum absolute atomic E-state index is 12.0. The predicted octanol–water partition coefficient (Wildman–Crippen LogP) is 2.58. The molecule has 0 atom stereocenters. The van der Waals surface area contributed by atoms with Gasteiger partial charge in [-0.3, -0.25) is 4.79 Å². The zero-order valence-electron chi connectivity index (χ0n) is 12.2. The van der Waals surface area contributed by atoms with Crippen LogP contribution >= 0.6 is 0 Å². The molecule has 0 bridgehead atoms. The number of rotatable bonds is 7.